The first kappa shape index (κ1) is 15.5. The Hall–Kier alpha value is -1.86. The minimum absolute atomic E-state index is 0.339. The van der Waals surface area contributed by atoms with Gasteiger partial charge in [0.25, 0.3) is 0 Å². The fraction of sp³-hybridized carbons (Fsp3) is 0.300. The Morgan fingerprint density at radius 2 is 1.57 bits per heavy atom. The van der Waals surface area contributed by atoms with Crippen molar-refractivity contribution in [3.05, 3.63) is 77.9 Å². The van der Waals surface area contributed by atoms with Gasteiger partial charge in [-0.3, -0.25) is 0 Å². The van der Waals surface area contributed by atoms with E-state index in [1.54, 1.807) is 0 Å². The number of rotatable bonds is 8. The summed E-state index contributed by atoms with van der Waals surface area (Å²) in [5, 5.41) is 0. The van der Waals surface area contributed by atoms with Gasteiger partial charge >= 0.3 is 0 Å². The second-order valence-corrected chi connectivity index (χ2v) is 5.27. The molecule has 2 aromatic carbocycles. The number of methoxy groups -OCH3 is 1. The summed E-state index contributed by atoms with van der Waals surface area (Å²) in [6, 6.07) is 21.0. The lowest BCUT2D eigenvalue weighted by molar-refractivity contribution is 0.0891. The molecule has 0 N–H and O–H groups in total. The lowest BCUT2D eigenvalue weighted by Crippen LogP contribution is -2.11. The highest BCUT2D eigenvalue weighted by molar-refractivity contribution is 5.48. The van der Waals surface area contributed by atoms with E-state index < -0.39 is 0 Å². The topological polar surface area (TPSA) is 9.23 Å². The Morgan fingerprint density at radius 3 is 2.24 bits per heavy atom. The molecule has 0 aliphatic carbocycles. The first-order chi connectivity index (χ1) is 10.4. The summed E-state index contributed by atoms with van der Waals surface area (Å²) >= 11 is 0. The first-order valence-corrected chi connectivity index (χ1v) is 7.67. The molecule has 2 aromatic rings. The molecular weight excluding hydrogens is 256 g/mol. The van der Waals surface area contributed by atoms with Crippen molar-refractivity contribution in [1.29, 1.82) is 0 Å². The van der Waals surface area contributed by atoms with Gasteiger partial charge in [-0.05, 0) is 36.8 Å². The van der Waals surface area contributed by atoms with E-state index in [-0.39, 0.29) is 0 Å². The molecule has 0 aliphatic rings. The van der Waals surface area contributed by atoms with Gasteiger partial charge in [-0.25, -0.2) is 0 Å². The van der Waals surface area contributed by atoms with E-state index in [9.17, 15) is 0 Å². The second kappa shape index (κ2) is 9.15. The molecule has 0 radical (unpaired) electrons. The van der Waals surface area contributed by atoms with E-state index >= 15 is 0 Å². The van der Waals surface area contributed by atoms with Crippen molar-refractivity contribution in [2.24, 2.45) is 0 Å². The van der Waals surface area contributed by atoms with E-state index in [0.717, 1.165) is 25.7 Å². The summed E-state index contributed by atoms with van der Waals surface area (Å²) in [6.45, 7) is 0. The zero-order valence-electron chi connectivity index (χ0n) is 12.7. The molecule has 21 heavy (non-hydrogen) atoms. The van der Waals surface area contributed by atoms with Crippen LogP contribution in [0.15, 0.2) is 66.7 Å². The van der Waals surface area contributed by atoms with Crippen molar-refractivity contribution >= 4 is 6.08 Å². The number of aryl methyl sites for hydroxylation is 1. The number of hydrogen-bond donors (Lipinski definition) is 0. The lowest BCUT2D eigenvalue weighted by Gasteiger charge is -2.14. The third kappa shape index (κ3) is 5.97. The predicted octanol–water partition coefficient (Wildman–Crippen LogP) is 5.13. The summed E-state index contributed by atoms with van der Waals surface area (Å²) in [6.07, 6.45) is 9.06. The van der Waals surface area contributed by atoms with Crippen molar-refractivity contribution in [3.63, 3.8) is 0 Å². The van der Waals surface area contributed by atoms with Gasteiger partial charge in [0.05, 0.1) is 6.10 Å². The normalized spacial score (nSPS) is 12.6. The molecule has 0 heterocycles. The van der Waals surface area contributed by atoms with Gasteiger partial charge in [0.1, 0.15) is 0 Å². The van der Waals surface area contributed by atoms with Crippen LogP contribution in [0.1, 0.15) is 30.4 Å². The standard InChI is InChI=1S/C20H24O/c1-21-20(17-16-19-12-6-3-7-13-19)15-9-8-14-18-10-4-2-5-11-18/h2-8,10-14,20H,9,15-17H2,1H3/b14-8+/t20-/m0/s1. The van der Waals surface area contributed by atoms with Crippen LogP contribution < -0.4 is 0 Å². The number of allylic oxidation sites excluding steroid dienone is 1. The van der Waals surface area contributed by atoms with E-state index in [1.807, 2.05) is 13.2 Å². The molecule has 1 atom stereocenters. The van der Waals surface area contributed by atoms with Gasteiger partial charge in [0, 0.05) is 7.11 Å². The van der Waals surface area contributed by atoms with Gasteiger partial charge < -0.3 is 4.74 Å². The predicted molar refractivity (Wildman–Crippen MR) is 90.3 cm³/mol. The van der Waals surface area contributed by atoms with Gasteiger partial charge in [0.15, 0.2) is 0 Å². The minimum atomic E-state index is 0.339. The average Bonchev–Trinajstić information content (AvgIpc) is 2.56. The van der Waals surface area contributed by atoms with Gasteiger partial charge in [-0.1, -0.05) is 72.8 Å². The second-order valence-electron chi connectivity index (χ2n) is 5.27. The van der Waals surface area contributed by atoms with E-state index in [0.29, 0.717) is 6.10 Å². The lowest BCUT2D eigenvalue weighted by atomic mass is 10.0. The SMILES string of the molecule is CO[C@@H](CC/C=C/c1ccccc1)CCc1ccccc1. The Kier molecular flexibility index (Phi) is 6.76. The average molecular weight is 280 g/mol. The number of benzene rings is 2. The molecule has 110 valence electrons. The Labute approximate surface area is 128 Å². The minimum Gasteiger partial charge on any atom is -0.381 e. The molecule has 2 rings (SSSR count). The van der Waals surface area contributed by atoms with Gasteiger partial charge in [0.2, 0.25) is 0 Å². The molecule has 0 fully saturated rings. The van der Waals surface area contributed by atoms with Crippen molar-refractivity contribution in [2.45, 2.75) is 31.8 Å². The summed E-state index contributed by atoms with van der Waals surface area (Å²) < 4.78 is 5.59. The summed E-state index contributed by atoms with van der Waals surface area (Å²) in [5.41, 5.74) is 2.65. The van der Waals surface area contributed by atoms with Crippen LogP contribution in [0.2, 0.25) is 0 Å². The van der Waals surface area contributed by atoms with Crippen LogP contribution in [-0.4, -0.2) is 13.2 Å². The van der Waals surface area contributed by atoms with E-state index in [1.165, 1.54) is 11.1 Å². The molecule has 1 heteroatoms. The Balaban J connectivity index is 1.71. The van der Waals surface area contributed by atoms with Crippen molar-refractivity contribution in [1.82, 2.24) is 0 Å². The smallest absolute Gasteiger partial charge is 0.0577 e. The Morgan fingerprint density at radius 1 is 0.905 bits per heavy atom. The summed E-state index contributed by atoms with van der Waals surface area (Å²) in [5.74, 6) is 0. The highest BCUT2D eigenvalue weighted by Gasteiger charge is 2.06. The van der Waals surface area contributed by atoms with Crippen molar-refractivity contribution < 1.29 is 4.74 Å². The highest BCUT2D eigenvalue weighted by Crippen LogP contribution is 2.12. The molecule has 0 saturated heterocycles. The summed E-state index contributed by atoms with van der Waals surface area (Å²) in [7, 11) is 1.82. The quantitative estimate of drug-likeness (QED) is 0.651. The number of ether oxygens (including phenoxy) is 1. The monoisotopic (exact) mass is 280 g/mol. The van der Waals surface area contributed by atoms with Gasteiger partial charge in [-0.2, -0.15) is 0 Å². The fourth-order valence-electron chi connectivity index (χ4n) is 2.42. The Bertz CT molecular complexity index is 516. The molecule has 0 aliphatic heterocycles. The van der Waals surface area contributed by atoms with Crippen LogP contribution in [0.4, 0.5) is 0 Å². The zero-order valence-corrected chi connectivity index (χ0v) is 12.7. The maximum atomic E-state index is 5.59. The number of hydrogen-bond acceptors (Lipinski definition) is 1. The third-order valence-corrected chi connectivity index (χ3v) is 3.70. The first-order valence-electron chi connectivity index (χ1n) is 7.67. The van der Waals surface area contributed by atoms with Crippen molar-refractivity contribution in [3.8, 4) is 0 Å². The van der Waals surface area contributed by atoms with E-state index in [2.05, 4.69) is 66.7 Å². The molecule has 0 aromatic heterocycles. The van der Waals surface area contributed by atoms with E-state index in [4.69, 9.17) is 4.74 Å². The van der Waals surface area contributed by atoms with Crippen LogP contribution in [0.3, 0.4) is 0 Å². The molecule has 0 spiro atoms. The van der Waals surface area contributed by atoms with Gasteiger partial charge in [-0.15, -0.1) is 0 Å². The highest BCUT2D eigenvalue weighted by atomic mass is 16.5. The molecule has 0 amide bonds. The van der Waals surface area contributed by atoms with Crippen LogP contribution in [0, 0.1) is 0 Å². The van der Waals surface area contributed by atoms with Crippen LogP contribution >= 0.6 is 0 Å². The molecule has 1 nitrogen and oxygen atoms in total. The van der Waals surface area contributed by atoms with Crippen LogP contribution in [0.25, 0.3) is 6.08 Å². The molecule has 0 unspecified atom stereocenters. The van der Waals surface area contributed by atoms with Crippen LogP contribution in [-0.2, 0) is 11.2 Å². The third-order valence-electron chi connectivity index (χ3n) is 3.70. The molecular formula is C20H24O. The summed E-state index contributed by atoms with van der Waals surface area (Å²) in [4.78, 5) is 0. The maximum absolute atomic E-state index is 5.59. The largest absolute Gasteiger partial charge is 0.381 e. The van der Waals surface area contributed by atoms with Crippen LogP contribution in [0.5, 0.6) is 0 Å². The molecule has 0 saturated carbocycles. The molecule has 0 bridgehead atoms. The fourth-order valence-corrected chi connectivity index (χ4v) is 2.42. The maximum Gasteiger partial charge on any atom is 0.0577 e. The van der Waals surface area contributed by atoms with Crippen molar-refractivity contribution in [2.75, 3.05) is 7.11 Å². The zero-order chi connectivity index (χ0) is 14.8.